The minimum absolute atomic E-state index is 0.00103. The van der Waals surface area contributed by atoms with Crippen molar-refractivity contribution in [2.45, 2.75) is 6.92 Å². The highest BCUT2D eigenvalue weighted by Gasteiger charge is 2.30. The van der Waals surface area contributed by atoms with Crippen LogP contribution in [0, 0.1) is 10.1 Å². The number of carbonyl (C=O) groups excluding carboxylic acids is 1. The molecule has 0 unspecified atom stereocenters. The number of aromatic carboxylic acids is 1. The van der Waals surface area contributed by atoms with Gasteiger partial charge in [-0.1, -0.05) is 6.07 Å². The average Bonchev–Trinajstić information content (AvgIpc) is 3.01. The largest absolute Gasteiger partial charge is 0.493 e. The summed E-state index contributed by atoms with van der Waals surface area (Å²) in [7, 11) is 2.76. The van der Waals surface area contributed by atoms with Crippen molar-refractivity contribution in [3.63, 3.8) is 0 Å². The number of ether oxygens (including phenoxy) is 2. The molecule has 10 nitrogen and oxygen atoms in total. The van der Waals surface area contributed by atoms with Crippen molar-refractivity contribution in [3.8, 4) is 11.5 Å². The maximum Gasteiger partial charge on any atom is 0.335 e. The number of methoxy groups -OCH3 is 2. The molecule has 0 radical (unpaired) electrons. The Labute approximate surface area is 170 Å². The van der Waals surface area contributed by atoms with Crippen molar-refractivity contribution >= 4 is 35.0 Å². The lowest BCUT2D eigenvalue weighted by molar-refractivity contribution is -0.385. The first-order chi connectivity index (χ1) is 14.3. The number of nitro groups is 1. The Balaban J connectivity index is 2.06. The van der Waals surface area contributed by atoms with Gasteiger partial charge in [0.25, 0.3) is 11.6 Å². The summed E-state index contributed by atoms with van der Waals surface area (Å²) in [6, 6.07) is 8.37. The topological polar surface area (TPSA) is 132 Å². The molecule has 0 aliphatic carbocycles. The Morgan fingerprint density at radius 3 is 2.47 bits per heavy atom. The van der Waals surface area contributed by atoms with Crippen LogP contribution in [0.4, 0.5) is 11.4 Å². The standard InChI is InChI=1S/C20H17N3O7/c1-11-15(8-13-9-17(29-2)18(30-3)10-16(13)23(27)28)19(24)22(21-11)14-6-4-5-12(7-14)20(25)26/h4-10H,1-3H3,(H,25,26). The normalized spacial score (nSPS) is 14.6. The first-order valence-corrected chi connectivity index (χ1v) is 8.62. The van der Waals surface area contributed by atoms with Crippen LogP contribution in [-0.2, 0) is 4.79 Å². The maximum atomic E-state index is 12.9. The molecular formula is C20H17N3O7. The van der Waals surface area contributed by atoms with Gasteiger partial charge in [0.15, 0.2) is 11.5 Å². The van der Waals surface area contributed by atoms with Gasteiger partial charge in [0.1, 0.15) is 0 Å². The second-order valence-corrected chi connectivity index (χ2v) is 6.24. The number of carboxylic acids is 1. The van der Waals surface area contributed by atoms with Crippen molar-refractivity contribution in [1.29, 1.82) is 0 Å². The summed E-state index contributed by atoms with van der Waals surface area (Å²) in [6.45, 7) is 1.58. The maximum absolute atomic E-state index is 12.9. The molecule has 1 aliphatic rings. The fourth-order valence-corrected chi connectivity index (χ4v) is 2.94. The van der Waals surface area contributed by atoms with Crippen molar-refractivity contribution in [3.05, 3.63) is 63.2 Å². The highest BCUT2D eigenvalue weighted by molar-refractivity contribution is 6.32. The first-order valence-electron chi connectivity index (χ1n) is 8.62. The van der Waals surface area contributed by atoms with Crippen molar-refractivity contribution in [2.75, 3.05) is 19.2 Å². The van der Waals surface area contributed by atoms with Crippen LogP contribution in [0.25, 0.3) is 6.08 Å². The van der Waals surface area contributed by atoms with Gasteiger partial charge in [-0.25, -0.2) is 4.79 Å². The number of carboxylic acid groups (broad SMARTS) is 1. The SMILES string of the molecule is COc1cc(C=C2C(=O)N(c3cccc(C(=O)O)c3)N=C2C)c([N+](=O)[O-])cc1OC. The van der Waals surface area contributed by atoms with E-state index in [-0.39, 0.29) is 39.6 Å². The highest BCUT2D eigenvalue weighted by atomic mass is 16.6. The molecule has 0 saturated carbocycles. The van der Waals surface area contributed by atoms with E-state index in [2.05, 4.69) is 5.10 Å². The number of hydrazone groups is 1. The van der Waals surface area contributed by atoms with Crippen LogP contribution >= 0.6 is 0 Å². The van der Waals surface area contributed by atoms with Crippen LogP contribution in [0.5, 0.6) is 11.5 Å². The molecule has 1 N–H and O–H groups in total. The summed E-state index contributed by atoms with van der Waals surface area (Å²) < 4.78 is 10.3. The summed E-state index contributed by atoms with van der Waals surface area (Å²) in [5.41, 5.74) is 0.588. The number of nitro benzene ring substituents is 1. The summed E-state index contributed by atoms with van der Waals surface area (Å²) in [4.78, 5) is 35.1. The number of rotatable bonds is 6. The lowest BCUT2D eigenvalue weighted by atomic mass is 10.0. The van der Waals surface area contributed by atoms with E-state index in [1.54, 1.807) is 13.0 Å². The molecule has 1 amide bonds. The minimum atomic E-state index is -1.14. The Kier molecular flexibility index (Phi) is 5.50. The van der Waals surface area contributed by atoms with Crippen molar-refractivity contribution < 1.29 is 29.1 Å². The van der Waals surface area contributed by atoms with E-state index in [1.807, 2.05) is 0 Å². The molecule has 0 atom stereocenters. The average molecular weight is 411 g/mol. The van der Waals surface area contributed by atoms with Crippen molar-refractivity contribution in [1.82, 2.24) is 0 Å². The van der Waals surface area contributed by atoms with E-state index < -0.39 is 16.8 Å². The van der Waals surface area contributed by atoms with Gasteiger partial charge in [-0.05, 0) is 37.3 Å². The molecule has 154 valence electrons. The Morgan fingerprint density at radius 2 is 1.87 bits per heavy atom. The van der Waals surface area contributed by atoms with E-state index in [0.29, 0.717) is 5.71 Å². The minimum Gasteiger partial charge on any atom is -0.493 e. The second kappa shape index (κ2) is 8.03. The smallest absolute Gasteiger partial charge is 0.335 e. The predicted molar refractivity (Wildman–Crippen MR) is 108 cm³/mol. The number of anilines is 1. The number of hydrogen-bond donors (Lipinski definition) is 1. The number of carbonyl (C=O) groups is 2. The third-order valence-electron chi connectivity index (χ3n) is 4.43. The van der Waals surface area contributed by atoms with Gasteiger partial charge in [-0.3, -0.25) is 14.9 Å². The van der Waals surface area contributed by atoms with Crippen LogP contribution in [0.2, 0.25) is 0 Å². The molecule has 0 fully saturated rings. The number of nitrogens with zero attached hydrogens (tertiary/aromatic N) is 3. The van der Waals surface area contributed by atoms with Crippen LogP contribution < -0.4 is 14.5 Å². The third-order valence-corrected chi connectivity index (χ3v) is 4.43. The lowest BCUT2D eigenvalue weighted by Gasteiger charge is -2.12. The molecule has 2 aromatic rings. The first kappa shape index (κ1) is 20.5. The van der Waals surface area contributed by atoms with E-state index in [4.69, 9.17) is 14.6 Å². The number of amides is 1. The van der Waals surface area contributed by atoms with Crippen molar-refractivity contribution in [2.24, 2.45) is 5.10 Å². The third kappa shape index (κ3) is 3.70. The Bertz CT molecular complexity index is 1120. The predicted octanol–water partition coefficient (Wildman–Crippen LogP) is 3.12. The Morgan fingerprint density at radius 1 is 1.20 bits per heavy atom. The molecule has 0 saturated heterocycles. The molecule has 0 bridgehead atoms. The number of hydrogen-bond acceptors (Lipinski definition) is 7. The fraction of sp³-hybridized carbons (Fsp3) is 0.150. The summed E-state index contributed by atoms with van der Waals surface area (Å²) in [5.74, 6) is -1.23. The molecule has 0 aromatic heterocycles. The van der Waals surface area contributed by atoms with Gasteiger partial charge in [-0.15, -0.1) is 0 Å². The van der Waals surface area contributed by atoms with E-state index in [1.165, 1.54) is 50.6 Å². The molecule has 30 heavy (non-hydrogen) atoms. The van der Waals surface area contributed by atoms with Crippen LogP contribution in [0.1, 0.15) is 22.8 Å². The second-order valence-electron chi connectivity index (χ2n) is 6.24. The van der Waals surface area contributed by atoms with Gasteiger partial charge in [-0.2, -0.15) is 10.1 Å². The highest BCUT2D eigenvalue weighted by Crippen LogP contribution is 2.36. The molecule has 10 heteroatoms. The van der Waals surface area contributed by atoms with Gasteiger partial charge in [0, 0.05) is 0 Å². The molecule has 3 rings (SSSR count). The molecule has 1 aliphatic heterocycles. The van der Waals surface area contributed by atoms with Gasteiger partial charge >= 0.3 is 5.97 Å². The summed E-state index contributed by atoms with van der Waals surface area (Å²) in [5, 5.41) is 25.9. The van der Waals surface area contributed by atoms with Crippen LogP contribution in [-0.4, -0.2) is 41.8 Å². The van der Waals surface area contributed by atoms with Crippen LogP contribution in [0.3, 0.4) is 0 Å². The molecule has 1 heterocycles. The molecular weight excluding hydrogens is 394 g/mol. The Hall–Kier alpha value is -4.21. The lowest BCUT2D eigenvalue weighted by Crippen LogP contribution is -2.21. The quantitative estimate of drug-likeness (QED) is 0.439. The van der Waals surface area contributed by atoms with Gasteiger partial charge in [0.05, 0.1) is 53.3 Å². The van der Waals surface area contributed by atoms with Gasteiger partial charge < -0.3 is 14.6 Å². The molecule has 0 spiro atoms. The molecule has 2 aromatic carbocycles. The summed E-state index contributed by atoms with van der Waals surface area (Å²) in [6.07, 6.45) is 1.35. The zero-order valence-corrected chi connectivity index (χ0v) is 16.3. The van der Waals surface area contributed by atoms with Crippen LogP contribution in [0.15, 0.2) is 47.1 Å². The zero-order valence-electron chi connectivity index (χ0n) is 16.3. The van der Waals surface area contributed by atoms with E-state index in [0.717, 1.165) is 5.01 Å². The van der Waals surface area contributed by atoms with Gasteiger partial charge in [0.2, 0.25) is 0 Å². The monoisotopic (exact) mass is 411 g/mol. The van der Waals surface area contributed by atoms with E-state index in [9.17, 15) is 19.7 Å². The summed E-state index contributed by atoms with van der Waals surface area (Å²) >= 11 is 0. The zero-order chi connectivity index (χ0) is 22.0. The fourth-order valence-electron chi connectivity index (χ4n) is 2.94. The van der Waals surface area contributed by atoms with E-state index >= 15 is 0 Å². The number of benzene rings is 2.